The van der Waals surface area contributed by atoms with Gasteiger partial charge in [0.05, 0.1) is 5.69 Å². The van der Waals surface area contributed by atoms with Gasteiger partial charge in [-0.3, -0.25) is 4.79 Å². The molecule has 3 heterocycles. The molecule has 5 rings (SSSR count). The lowest BCUT2D eigenvalue weighted by molar-refractivity contribution is -0.125. The molecule has 174 valence electrons. The van der Waals surface area contributed by atoms with Crippen LogP contribution in [0.25, 0.3) is 16.9 Å². The number of nitrogens with zero attached hydrogens (tertiary/aromatic N) is 4. The zero-order valence-electron chi connectivity index (χ0n) is 18.8. The van der Waals surface area contributed by atoms with E-state index in [1.54, 1.807) is 22.7 Å². The first-order valence-corrected chi connectivity index (χ1v) is 11.7. The number of hydrogen-bond acceptors (Lipinski definition) is 4. The molecule has 1 aliphatic rings. The molecule has 8 heteroatoms. The topological polar surface area (TPSA) is 62.5 Å². The highest BCUT2D eigenvalue weighted by Gasteiger charge is 2.26. The third-order valence-corrected chi connectivity index (χ3v) is 6.47. The lowest BCUT2D eigenvalue weighted by Crippen LogP contribution is -2.41. The smallest absolute Gasteiger partial charge is 0.223 e. The molecule has 34 heavy (non-hydrogen) atoms. The van der Waals surface area contributed by atoms with Crippen molar-refractivity contribution in [2.75, 3.05) is 18.0 Å². The summed E-state index contributed by atoms with van der Waals surface area (Å²) >= 11 is 6.03. The summed E-state index contributed by atoms with van der Waals surface area (Å²) in [5, 5.41) is 8.37. The third kappa shape index (κ3) is 4.61. The van der Waals surface area contributed by atoms with Crippen LogP contribution in [-0.2, 0) is 11.3 Å². The molecule has 0 atom stereocenters. The number of fused-ring (bicyclic) bond motifs is 1. The maximum Gasteiger partial charge on any atom is 0.223 e. The summed E-state index contributed by atoms with van der Waals surface area (Å²) in [4.78, 5) is 19.5. The van der Waals surface area contributed by atoms with Gasteiger partial charge in [0.15, 0.2) is 5.65 Å². The predicted molar refractivity (Wildman–Crippen MR) is 131 cm³/mol. The van der Waals surface area contributed by atoms with Gasteiger partial charge in [0.2, 0.25) is 5.91 Å². The number of halogens is 2. The number of anilines is 1. The highest BCUT2D eigenvalue weighted by atomic mass is 35.5. The van der Waals surface area contributed by atoms with Crippen LogP contribution in [0.1, 0.15) is 24.1 Å². The normalized spacial score (nSPS) is 14.5. The van der Waals surface area contributed by atoms with Gasteiger partial charge in [-0.1, -0.05) is 35.9 Å². The fourth-order valence-corrected chi connectivity index (χ4v) is 4.67. The van der Waals surface area contributed by atoms with Gasteiger partial charge in [0.1, 0.15) is 11.6 Å². The summed E-state index contributed by atoms with van der Waals surface area (Å²) in [7, 11) is 0. The first kappa shape index (κ1) is 22.3. The molecule has 0 bridgehead atoms. The second kappa shape index (κ2) is 9.43. The van der Waals surface area contributed by atoms with Gasteiger partial charge in [-0.15, -0.1) is 0 Å². The average molecular weight is 478 g/mol. The molecule has 1 fully saturated rings. The Labute approximate surface area is 202 Å². The van der Waals surface area contributed by atoms with Crippen LogP contribution in [0.3, 0.4) is 0 Å². The van der Waals surface area contributed by atoms with Gasteiger partial charge in [0.25, 0.3) is 0 Å². The maximum absolute atomic E-state index is 14.3. The van der Waals surface area contributed by atoms with Crippen molar-refractivity contribution in [2.45, 2.75) is 26.3 Å². The number of aryl methyl sites for hydroxylation is 1. The molecule has 0 radical (unpaired) electrons. The van der Waals surface area contributed by atoms with Crippen LogP contribution in [0.5, 0.6) is 0 Å². The van der Waals surface area contributed by atoms with Crippen molar-refractivity contribution in [3.05, 3.63) is 82.8 Å². The molecule has 4 aromatic rings. The van der Waals surface area contributed by atoms with Gasteiger partial charge in [-0.05, 0) is 49.6 Å². The van der Waals surface area contributed by atoms with Crippen molar-refractivity contribution in [3.63, 3.8) is 0 Å². The minimum absolute atomic E-state index is 0.0412. The van der Waals surface area contributed by atoms with E-state index in [9.17, 15) is 9.18 Å². The first-order valence-electron chi connectivity index (χ1n) is 11.4. The van der Waals surface area contributed by atoms with Crippen LogP contribution in [0, 0.1) is 18.7 Å². The summed E-state index contributed by atoms with van der Waals surface area (Å²) < 4.78 is 16.1. The summed E-state index contributed by atoms with van der Waals surface area (Å²) in [5.74, 6) is 0.619. The second-order valence-corrected chi connectivity index (χ2v) is 9.08. The molecule has 1 saturated heterocycles. The largest absolute Gasteiger partial charge is 0.356 e. The summed E-state index contributed by atoms with van der Waals surface area (Å²) in [6.45, 7) is 3.86. The third-order valence-electron chi connectivity index (χ3n) is 6.23. The number of carbonyl (C=O) groups is 1. The van der Waals surface area contributed by atoms with Crippen LogP contribution in [0.2, 0.25) is 5.02 Å². The van der Waals surface area contributed by atoms with Crippen molar-refractivity contribution in [3.8, 4) is 11.3 Å². The fraction of sp³-hybridized carbons (Fsp3) is 0.269. The van der Waals surface area contributed by atoms with E-state index in [0.29, 0.717) is 28.5 Å². The molecule has 2 aromatic heterocycles. The Hall–Kier alpha value is -3.45. The Morgan fingerprint density at radius 2 is 1.91 bits per heavy atom. The SMILES string of the molecule is Cc1cc(N2CCC(C(=O)NCc3cccc(Cl)c3)CC2)n2nc(-c3ccccc3F)cc2n1. The van der Waals surface area contributed by atoms with E-state index < -0.39 is 0 Å². The summed E-state index contributed by atoms with van der Waals surface area (Å²) in [6, 6.07) is 17.9. The molecular formula is C26H25ClFN5O. The van der Waals surface area contributed by atoms with Gasteiger partial charge in [0, 0.05) is 54.0 Å². The van der Waals surface area contributed by atoms with E-state index in [4.69, 9.17) is 11.6 Å². The van der Waals surface area contributed by atoms with E-state index in [-0.39, 0.29) is 17.6 Å². The summed E-state index contributed by atoms with van der Waals surface area (Å²) in [5.41, 5.74) is 3.52. The average Bonchev–Trinajstić information content (AvgIpc) is 3.26. The number of benzene rings is 2. The van der Waals surface area contributed by atoms with E-state index in [2.05, 4.69) is 20.3 Å². The highest BCUT2D eigenvalue weighted by molar-refractivity contribution is 6.30. The number of rotatable bonds is 5. The lowest BCUT2D eigenvalue weighted by atomic mass is 9.95. The van der Waals surface area contributed by atoms with E-state index in [1.165, 1.54) is 6.07 Å². The monoisotopic (exact) mass is 477 g/mol. The fourth-order valence-electron chi connectivity index (χ4n) is 4.46. The molecule has 0 spiro atoms. The second-order valence-electron chi connectivity index (χ2n) is 8.64. The van der Waals surface area contributed by atoms with Crippen LogP contribution in [-0.4, -0.2) is 33.6 Å². The lowest BCUT2D eigenvalue weighted by Gasteiger charge is -2.33. The quantitative estimate of drug-likeness (QED) is 0.438. The molecule has 2 aromatic carbocycles. The van der Waals surface area contributed by atoms with Gasteiger partial charge in [-0.2, -0.15) is 9.61 Å². The molecule has 1 aliphatic heterocycles. The van der Waals surface area contributed by atoms with Gasteiger partial charge in [-0.25, -0.2) is 9.37 Å². The molecule has 6 nitrogen and oxygen atoms in total. The van der Waals surface area contributed by atoms with E-state index >= 15 is 0 Å². The molecule has 0 aliphatic carbocycles. The number of piperidine rings is 1. The highest BCUT2D eigenvalue weighted by Crippen LogP contribution is 2.28. The zero-order valence-corrected chi connectivity index (χ0v) is 19.6. The van der Waals surface area contributed by atoms with Crippen molar-refractivity contribution in [1.82, 2.24) is 19.9 Å². The van der Waals surface area contributed by atoms with Crippen LogP contribution in [0.4, 0.5) is 10.2 Å². The summed E-state index contributed by atoms with van der Waals surface area (Å²) in [6.07, 6.45) is 1.48. The Bertz CT molecular complexity index is 1350. The van der Waals surface area contributed by atoms with Crippen molar-refractivity contribution in [2.24, 2.45) is 5.92 Å². The van der Waals surface area contributed by atoms with Crippen molar-refractivity contribution in [1.29, 1.82) is 0 Å². The van der Waals surface area contributed by atoms with Crippen LogP contribution in [0.15, 0.2) is 60.7 Å². The zero-order chi connectivity index (χ0) is 23.7. The molecular weight excluding hydrogens is 453 g/mol. The molecule has 1 N–H and O–H groups in total. The van der Waals surface area contributed by atoms with E-state index in [0.717, 1.165) is 43.0 Å². The maximum atomic E-state index is 14.3. The van der Waals surface area contributed by atoms with Gasteiger partial charge < -0.3 is 10.2 Å². The van der Waals surface area contributed by atoms with Crippen molar-refractivity contribution >= 4 is 29.0 Å². The number of nitrogens with one attached hydrogen (secondary N) is 1. The molecule has 0 unspecified atom stereocenters. The Balaban J connectivity index is 1.29. The number of amides is 1. The molecule has 1 amide bonds. The van der Waals surface area contributed by atoms with Crippen molar-refractivity contribution < 1.29 is 9.18 Å². The number of aromatic nitrogens is 3. The van der Waals surface area contributed by atoms with Gasteiger partial charge >= 0.3 is 0 Å². The Kier molecular flexibility index (Phi) is 6.20. The first-order chi connectivity index (χ1) is 16.5. The Morgan fingerprint density at radius 3 is 2.68 bits per heavy atom. The number of carbonyl (C=O) groups excluding carboxylic acids is 1. The Morgan fingerprint density at radius 1 is 1.12 bits per heavy atom. The minimum Gasteiger partial charge on any atom is -0.356 e. The standard InChI is InChI=1S/C26H25ClFN5O/c1-17-13-25(33-24(30-17)15-23(31-33)21-7-2-3-8-22(21)28)32-11-9-19(10-12-32)26(34)29-16-18-5-4-6-20(27)14-18/h2-8,13-15,19H,9-12,16H2,1H3,(H,29,34). The molecule has 0 saturated carbocycles. The van der Waals surface area contributed by atoms with E-state index in [1.807, 2.05) is 43.3 Å². The van der Waals surface area contributed by atoms with Crippen LogP contribution < -0.4 is 10.2 Å². The number of hydrogen-bond donors (Lipinski definition) is 1. The predicted octanol–water partition coefficient (Wildman–Crippen LogP) is 5.03. The minimum atomic E-state index is -0.311. The van der Waals surface area contributed by atoms with Crippen LogP contribution >= 0.6 is 11.6 Å².